The largest absolute Gasteiger partial charge is 0.354 e. The average molecular weight is 425 g/mol. The molecule has 3 rings (SSSR count). The average Bonchev–Trinajstić information content (AvgIpc) is 2.77. The van der Waals surface area contributed by atoms with Gasteiger partial charge in [-0.1, -0.05) is 87.0 Å². The van der Waals surface area contributed by atoms with E-state index in [-0.39, 0.29) is 16.7 Å². The smallest absolute Gasteiger partial charge is 0.241 e. The molecule has 0 saturated carbocycles. The van der Waals surface area contributed by atoms with E-state index < -0.39 is 16.1 Å². The van der Waals surface area contributed by atoms with E-state index in [1.165, 1.54) is 0 Å². The number of sulfonamides is 1. The summed E-state index contributed by atoms with van der Waals surface area (Å²) < 4.78 is 29.0. The molecule has 5 nitrogen and oxygen atoms in total. The highest BCUT2D eigenvalue weighted by Crippen LogP contribution is 2.23. The summed E-state index contributed by atoms with van der Waals surface area (Å²) in [7, 11) is -3.87. The molecule has 1 amide bonds. The molecule has 0 saturated heterocycles. The molecule has 2 unspecified atom stereocenters. The molecule has 0 aromatic heterocycles. The molecule has 2 atom stereocenters. The van der Waals surface area contributed by atoms with E-state index in [0.29, 0.717) is 24.8 Å². The molecule has 0 fully saturated rings. The molecule has 0 heterocycles. The predicted molar refractivity (Wildman–Crippen MR) is 121 cm³/mol. The minimum atomic E-state index is -3.87. The first kappa shape index (κ1) is 22.0. The zero-order valence-corrected chi connectivity index (χ0v) is 18.2. The Bertz CT molecular complexity index is 1090. The Hall–Kier alpha value is -2.70. The van der Waals surface area contributed by atoms with Crippen LogP contribution in [0, 0.1) is 5.92 Å². The second-order valence-electron chi connectivity index (χ2n) is 7.49. The van der Waals surface area contributed by atoms with Crippen molar-refractivity contribution < 1.29 is 13.2 Å². The number of hydrogen-bond acceptors (Lipinski definition) is 3. The highest BCUT2D eigenvalue weighted by molar-refractivity contribution is 7.89. The van der Waals surface area contributed by atoms with E-state index in [4.69, 9.17) is 0 Å². The molecule has 6 heteroatoms. The molecular formula is C24H28N2O3S. The van der Waals surface area contributed by atoms with E-state index in [0.717, 1.165) is 10.9 Å². The monoisotopic (exact) mass is 424 g/mol. The van der Waals surface area contributed by atoms with Crippen molar-refractivity contribution in [1.29, 1.82) is 0 Å². The number of fused-ring (bicyclic) bond motifs is 1. The third-order valence-corrected chi connectivity index (χ3v) is 6.87. The minimum Gasteiger partial charge on any atom is -0.354 e. The van der Waals surface area contributed by atoms with Gasteiger partial charge in [0.25, 0.3) is 0 Å². The maximum atomic E-state index is 13.2. The number of nitrogens with one attached hydrogen (secondary N) is 2. The van der Waals surface area contributed by atoms with Crippen LogP contribution in [-0.4, -0.2) is 26.9 Å². The number of hydrogen-bond donors (Lipinski definition) is 2. The normalized spacial score (nSPS) is 13.7. The van der Waals surface area contributed by atoms with Gasteiger partial charge in [-0.05, 0) is 29.4 Å². The lowest BCUT2D eigenvalue weighted by molar-refractivity contribution is -0.123. The van der Waals surface area contributed by atoms with Crippen molar-refractivity contribution in [3.8, 4) is 0 Å². The molecule has 30 heavy (non-hydrogen) atoms. The summed E-state index contributed by atoms with van der Waals surface area (Å²) in [5.41, 5.74) is 1.12. The van der Waals surface area contributed by atoms with Gasteiger partial charge >= 0.3 is 0 Å². The highest BCUT2D eigenvalue weighted by Gasteiger charge is 2.30. The third kappa shape index (κ3) is 5.26. The van der Waals surface area contributed by atoms with Crippen LogP contribution in [0.2, 0.25) is 0 Å². The number of amides is 1. The van der Waals surface area contributed by atoms with Crippen LogP contribution < -0.4 is 10.0 Å². The first-order valence-corrected chi connectivity index (χ1v) is 11.7. The van der Waals surface area contributed by atoms with Crippen LogP contribution in [0.4, 0.5) is 0 Å². The third-order valence-electron chi connectivity index (χ3n) is 5.37. The van der Waals surface area contributed by atoms with Crippen molar-refractivity contribution in [3.63, 3.8) is 0 Å². The molecule has 0 aliphatic rings. The summed E-state index contributed by atoms with van der Waals surface area (Å²) in [6.07, 6.45) is 1.37. The molecule has 0 aliphatic carbocycles. The lowest BCUT2D eigenvalue weighted by Crippen LogP contribution is -2.50. The quantitative estimate of drug-likeness (QED) is 0.547. The van der Waals surface area contributed by atoms with Crippen LogP contribution >= 0.6 is 0 Å². The minimum absolute atomic E-state index is 0.147. The Balaban J connectivity index is 1.77. The molecule has 2 N–H and O–H groups in total. The van der Waals surface area contributed by atoms with Gasteiger partial charge in [-0.15, -0.1) is 0 Å². The summed E-state index contributed by atoms with van der Waals surface area (Å²) in [5.74, 6) is -0.449. The molecule has 3 aromatic rings. The molecule has 0 spiro atoms. The number of benzene rings is 3. The Morgan fingerprint density at radius 1 is 0.933 bits per heavy atom. The molecule has 158 valence electrons. The van der Waals surface area contributed by atoms with Crippen molar-refractivity contribution >= 4 is 26.7 Å². The molecule has 0 bridgehead atoms. The van der Waals surface area contributed by atoms with E-state index >= 15 is 0 Å². The highest BCUT2D eigenvalue weighted by atomic mass is 32.2. The van der Waals surface area contributed by atoms with Gasteiger partial charge in [-0.25, -0.2) is 8.42 Å². The predicted octanol–water partition coefficient (Wildman–Crippen LogP) is 3.89. The Morgan fingerprint density at radius 2 is 1.60 bits per heavy atom. The van der Waals surface area contributed by atoms with Crippen LogP contribution in [0.25, 0.3) is 10.8 Å². The van der Waals surface area contributed by atoms with Gasteiger partial charge < -0.3 is 5.32 Å². The van der Waals surface area contributed by atoms with Crippen LogP contribution in [0.3, 0.4) is 0 Å². The van der Waals surface area contributed by atoms with Gasteiger partial charge in [0, 0.05) is 11.9 Å². The summed E-state index contributed by atoms with van der Waals surface area (Å²) in [4.78, 5) is 13.1. The number of carbonyl (C=O) groups excluding carboxylic acids is 1. The topological polar surface area (TPSA) is 75.3 Å². The Kier molecular flexibility index (Phi) is 7.24. The van der Waals surface area contributed by atoms with Gasteiger partial charge in [-0.2, -0.15) is 4.72 Å². The number of rotatable bonds is 9. The number of carbonyl (C=O) groups is 1. The van der Waals surface area contributed by atoms with Crippen molar-refractivity contribution in [2.75, 3.05) is 6.54 Å². The maximum absolute atomic E-state index is 13.2. The van der Waals surface area contributed by atoms with Gasteiger partial charge in [-0.3, -0.25) is 4.79 Å². The van der Waals surface area contributed by atoms with Crippen molar-refractivity contribution in [1.82, 2.24) is 10.0 Å². The Labute approximate surface area is 178 Å². The fraction of sp³-hybridized carbons (Fsp3) is 0.292. The van der Waals surface area contributed by atoms with Crippen LogP contribution in [0.5, 0.6) is 0 Å². The van der Waals surface area contributed by atoms with Crippen LogP contribution in [0.1, 0.15) is 25.8 Å². The molecular weight excluding hydrogens is 396 g/mol. The van der Waals surface area contributed by atoms with Crippen molar-refractivity contribution in [2.45, 2.75) is 37.6 Å². The Morgan fingerprint density at radius 3 is 2.33 bits per heavy atom. The van der Waals surface area contributed by atoms with Crippen LogP contribution in [0.15, 0.2) is 77.7 Å². The van der Waals surface area contributed by atoms with E-state index in [9.17, 15) is 13.2 Å². The first-order valence-electron chi connectivity index (χ1n) is 10.2. The molecule has 0 aliphatic heterocycles. The van der Waals surface area contributed by atoms with Gasteiger partial charge in [0.15, 0.2) is 0 Å². The zero-order valence-electron chi connectivity index (χ0n) is 17.3. The van der Waals surface area contributed by atoms with E-state index in [1.54, 1.807) is 18.2 Å². The summed E-state index contributed by atoms with van der Waals surface area (Å²) in [5, 5.41) is 4.37. The fourth-order valence-electron chi connectivity index (χ4n) is 3.41. The summed E-state index contributed by atoms with van der Waals surface area (Å²) in [6, 6.07) is 21.5. The maximum Gasteiger partial charge on any atom is 0.241 e. The van der Waals surface area contributed by atoms with Crippen LogP contribution in [-0.2, 0) is 21.2 Å². The SMILES string of the molecule is CCC(C)C(NS(=O)(=O)c1cccc2ccccc12)C(=O)NCCc1ccccc1. The zero-order chi connectivity index (χ0) is 21.6. The molecule has 3 aromatic carbocycles. The van der Waals surface area contributed by atoms with Gasteiger partial charge in [0.1, 0.15) is 6.04 Å². The van der Waals surface area contributed by atoms with E-state index in [2.05, 4.69) is 10.0 Å². The van der Waals surface area contributed by atoms with Crippen molar-refractivity contribution in [2.24, 2.45) is 5.92 Å². The van der Waals surface area contributed by atoms with Gasteiger partial charge in [0.2, 0.25) is 15.9 Å². The van der Waals surface area contributed by atoms with Crippen molar-refractivity contribution in [3.05, 3.63) is 78.4 Å². The lowest BCUT2D eigenvalue weighted by Gasteiger charge is -2.24. The fourth-order valence-corrected chi connectivity index (χ4v) is 4.94. The second kappa shape index (κ2) is 9.87. The lowest BCUT2D eigenvalue weighted by atomic mass is 9.99. The molecule has 0 radical (unpaired) electrons. The summed E-state index contributed by atoms with van der Waals surface area (Å²) >= 11 is 0. The summed E-state index contributed by atoms with van der Waals surface area (Å²) in [6.45, 7) is 4.28. The van der Waals surface area contributed by atoms with Gasteiger partial charge in [0.05, 0.1) is 4.90 Å². The first-order chi connectivity index (χ1) is 14.4. The standard InChI is InChI=1S/C24H28N2O3S/c1-3-18(2)23(24(27)25-17-16-19-10-5-4-6-11-19)26-30(28,29)22-15-9-13-20-12-7-8-14-21(20)22/h4-15,18,23,26H,3,16-17H2,1-2H3,(H,25,27). The van der Waals surface area contributed by atoms with E-state index in [1.807, 2.05) is 68.4 Å². The second-order valence-corrected chi connectivity index (χ2v) is 9.17.